The van der Waals surface area contributed by atoms with Gasteiger partial charge < -0.3 is 5.32 Å². The van der Waals surface area contributed by atoms with E-state index in [4.69, 9.17) is 0 Å². The van der Waals surface area contributed by atoms with Crippen LogP contribution in [-0.2, 0) is 6.42 Å². The number of nitrogens with one attached hydrogen (secondary N) is 1. The average Bonchev–Trinajstić information content (AvgIpc) is 2.43. The molecule has 1 nitrogen and oxygen atoms in total. The van der Waals surface area contributed by atoms with E-state index in [2.05, 4.69) is 27.3 Å². The molecule has 1 aliphatic rings. The van der Waals surface area contributed by atoms with Crippen molar-refractivity contribution in [2.24, 2.45) is 0 Å². The predicted octanol–water partition coefficient (Wildman–Crippen LogP) is 4.61. The summed E-state index contributed by atoms with van der Waals surface area (Å²) in [4.78, 5) is 0. The van der Waals surface area contributed by atoms with Crippen LogP contribution in [0.4, 0.5) is 4.39 Å². The molecular formula is C16H21BrFN. The maximum Gasteiger partial charge on any atom is 0.123 e. The first-order valence-corrected chi connectivity index (χ1v) is 7.77. The monoisotopic (exact) mass is 325 g/mol. The van der Waals surface area contributed by atoms with Crippen molar-refractivity contribution in [2.75, 3.05) is 7.05 Å². The van der Waals surface area contributed by atoms with Crippen molar-refractivity contribution in [3.8, 4) is 0 Å². The molecule has 0 radical (unpaired) electrons. The Bertz CT molecular complexity index is 456. The van der Waals surface area contributed by atoms with E-state index in [0.717, 1.165) is 22.9 Å². The summed E-state index contributed by atoms with van der Waals surface area (Å²) in [6.07, 6.45) is 9.38. The number of rotatable bonds is 5. The minimum absolute atomic E-state index is 0.162. The van der Waals surface area contributed by atoms with E-state index < -0.39 is 0 Å². The highest BCUT2D eigenvalue weighted by Gasteiger charge is 2.14. The quantitative estimate of drug-likeness (QED) is 0.779. The van der Waals surface area contributed by atoms with E-state index in [-0.39, 0.29) is 5.82 Å². The largest absolute Gasteiger partial charge is 0.316 e. The average molecular weight is 326 g/mol. The molecule has 1 aliphatic carbocycles. The first-order chi connectivity index (χ1) is 9.19. The number of hydrogen-bond acceptors (Lipinski definition) is 1. The van der Waals surface area contributed by atoms with Crippen LogP contribution in [0.15, 0.2) is 34.3 Å². The van der Waals surface area contributed by atoms with Gasteiger partial charge in [-0.05, 0) is 69.3 Å². The Labute approximate surface area is 123 Å². The van der Waals surface area contributed by atoms with E-state index >= 15 is 0 Å². The second kappa shape index (κ2) is 7.20. The fraction of sp³-hybridized carbons (Fsp3) is 0.500. The third-order valence-electron chi connectivity index (χ3n) is 3.78. The molecule has 1 unspecified atom stereocenters. The fourth-order valence-corrected chi connectivity index (χ4v) is 3.06. The van der Waals surface area contributed by atoms with E-state index in [0.29, 0.717) is 6.04 Å². The summed E-state index contributed by atoms with van der Waals surface area (Å²) >= 11 is 3.50. The maximum absolute atomic E-state index is 13.3. The van der Waals surface area contributed by atoms with Gasteiger partial charge in [0, 0.05) is 10.5 Å². The van der Waals surface area contributed by atoms with E-state index in [1.165, 1.54) is 31.7 Å². The Morgan fingerprint density at radius 1 is 1.32 bits per heavy atom. The van der Waals surface area contributed by atoms with Gasteiger partial charge in [-0.1, -0.05) is 27.6 Å². The molecule has 1 aromatic rings. The lowest BCUT2D eigenvalue weighted by Gasteiger charge is -2.21. The van der Waals surface area contributed by atoms with Gasteiger partial charge in [-0.25, -0.2) is 4.39 Å². The first-order valence-electron chi connectivity index (χ1n) is 6.98. The smallest absolute Gasteiger partial charge is 0.123 e. The molecule has 19 heavy (non-hydrogen) atoms. The Hall–Kier alpha value is -0.670. The fourth-order valence-electron chi connectivity index (χ4n) is 2.65. The highest BCUT2D eigenvalue weighted by molar-refractivity contribution is 9.10. The molecule has 0 saturated heterocycles. The topological polar surface area (TPSA) is 12.0 Å². The Morgan fingerprint density at radius 3 is 2.84 bits per heavy atom. The van der Waals surface area contributed by atoms with E-state index in [1.54, 1.807) is 17.7 Å². The van der Waals surface area contributed by atoms with Gasteiger partial charge in [0.2, 0.25) is 0 Å². The van der Waals surface area contributed by atoms with Crippen LogP contribution in [-0.4, -0.2) is 13.1 Å². The molecule has 0 spiro atoms. The predicted molar refractivity (Wildman–Crippen MR) is 81.8 cm³/mol. The summed E-state index contributed by atoms with van der Waals surface area (Å²) in [5, 5.41) is 3.36. The molecule has 0 bridgehead atoms. The van der Waals surface area contributed by atoms with Crippen LogP contribution in [0, 0.1) is 5.82 Å². The molecular weight excluding hydrogens is 305 g/mol. The van der Waals surface area contributed by atoms with Crippen LogP contribution in [0.25, 0.3) is 0 Å². The van der Waals surface area contributed by atoms with Gasteiger partial charge >= 0.3 is 0 Å². The van der Waals surface area contributed by atoms with Gasteiger partial charge in [-0.3, -0.25) is 0 Å². The van der Waals surface area contributed by atoms with Gasteiger partial charge in [0.25, 0.3) is 0 Å². The summed E-state index contributed by atoms with van der Waals surface area (Å²) in [5.41, 5.74) is 2.59. The van der Waals surface area contributed by atoms with Crippen molar-refractivity contribution >= 4 is 15.9 Å². The van der Waals surface area contributed by atoms with E-state index in [9.17, 15) is 4.39 Å². The summed E-state index contributed by atoms with van der Waals surface area (Å²) < 4.78 is 14.3. The zero-order chi connectivity index (χ0) is 13.7. The third kappa shape index (κ3) is 4.43. The molecule has 0 saturated carbocycles. The molecule has 1 atom stereocenters. The second-order valence-electron chi connectivity index (χ2n) is 5.24. The standard InChI is InChI=1S/C16H21BrFN/c1-19-15(9-12-5-3-2-4-6-12)11-13-10-14(18)7-8-16(13)17/h5,7-8,10,15,19H,2-4,6,9,11H2,1H3. The summed E-state index contributed by atoms with van der Waals surface area (Å²) in [6.45, 7) is 0. The van der Waals surface area contributed by atoms with Crippen LogP contribution in [0.2, 0.25) is 0 Å². The van der Waals surface area contributed by atoms with Crippen molar-refractivity contribution in [3.05, 3.63) is 45.7 Å². The summed E-state index contributed by atoms with van der Waals surface area (Å²) in [7, 11) is 1.99. The first kappa shape index (κ1) is 14.7. The molecule has 0 fully saturated rings. The number of benzene rings is 1. The van der Waals surface area contributed by atoms with E-state index in [1.807, 2.05) is 7.05 Å². The molecule has 1 aromatic carbocycles. The second-order valence-corrected chi connectivity index (χ2v) is 6.09. The molecule has 2 rings (SSSR count). The normalized spacial score (nSPS) is 17.1. The summed E-state index contributed by atoms with van der Waals surface area (Å²) in [5.74, 6) is -0.162. The molecule has 0 heterocycles. The van der Waals surface area contributed by atoms with Crippen LogP contribution in [0.3, 0.4) is 0 Å². The van der Waals surface area contributed by atoms with Crippen molar-refractivity contribution < 1.29 is 4.39 Å². The van der Waals surface area contributed by atoms with Crippen molar-refractivity contribution in [1.82, 2.24) is 5.32 Å². The van der Waals surface area contributed by atoms with Crippen molar-refractivity contribution in [3.63, 3.8) is 0 Å². The minimum Gasteiger partial charge on any atom is -0.316 e. The van der Waals surface area contributed by atoms with Crippen LogP contribution in [0.1, 0.15) is 37.7 Å². The van der Waals surface area contributed by atoms with Crippen molar-refractivity contribution in [1.29, 1.82) is 0 Å². The molecule has 0 aliphatic heterocycles. The highest BCUT2D eigenvalue weighted by Crippen LogP contribution is 2.24. The van der Waals surface area contributed by atoms with Gasteiger partial charge in [0.15, 0.2) is 0 Å². The van der Waals surface area contributed by atoms with Gasteiger partial charge in [0.05, 0.1) is 0 Å². The SMILES string of the molecule is CNC(CC1=CCCCC1)Cc1cc(F)ccc1Br. The van der Waals surface area contributed by atoms with Crippen molar-refractivity contribution in [2.45, 2.75) is 44.6 Å². The molecule has 0 amide bonds. The van der Waals surface area contributed by atoms with Crippen LogP contribution in [0.5, 0.6) is 0 Å². The lowest BCUT2D eigenvalue weighted by atomic mass is 9.92. The number of hydrogen-bond donors (Lipinski definition) is 1. The number of halogens is 2. The summed E-state index contributed by atoms with van der Waals surface area (Å²) in [6, 6.07) is 5.29. The highest BCUT2D eigenvalue weighted by atomic mass is 79.9. The third-order valence-corrected chi connectivity index (χ3v) is 4.55. The Morgan fingerprint density at radius 2 is 2.16 bits per heavy atom. The van der Waals surface area contributed by atoms with Gasteiger partial charge in [0.1, 0.15) is 5.82 Å². The molecule has 104 valence electrons. The zero-order valence-corrected chi connectivity index (χ0v) is 13.0. The molecule has 0 aromatic heterocycles. The van der Waals surface area contributed by atoms with Crippen LogP contribution >= 0.6 is 15.9 Å². The van der Waals surface area contributed by atoms with Gasteiger partial charge in [-0.15, -0.1) is 0 Å². The molecule has 1 N–H and O–H groups in total. The lowest BCUT2D eigenvalue weighted by Crippen LogP contribution is -2.28. The lowest BCUT2D eigenvalue weighted by molar-refractivity contribution is 0.529. The van der Waals surface area contributed by atoms with Gasteiger partial charge in [-0.2, -0.15) is 0 Å². The number of likely N-dealkylation sites (N-methyl/N-ethyl adjacent to an activating group) is 1. The minimum atomic E-state index is -0.162. The Kier molecular flexibility index (Phi) is 5.59. The Balaban J connectivity index is 2.02. The maximum atomic E-state index is 13.3. The number of allylic oxidation sites excluding steroid dienone is 1. The van der Waals surface area contributed by atoms with Crippen LogP contribution < -0.4 is 5.32 Å². The zero-order valence-electron chi connectivity index (χ0n) is 11.4. The molecule has 3 heteroatoms.